The fourth-order valence-electron chi connectivity index (χ4n) is 4.50. The monoisotopic (exact) mass is 437 g/mol. The van der Waals surface area contributed by atoms with Gasteiger partial charge >= 0.3 is 0 Å². The number of carbonyl (C=O) groups is 1. The first-order valence-corrected chi connectivity index (χ1v) is 11.1. The standard InChI is InChI=1S/C24H31N5O3/c1-16-20(17(2)26-23-22(16)24(31-4)27-28(23)3)9-10-21(30)29(15-19-8-6-12-32-19)14-18-7-5-11-25-13-18/h5,7,11,13,19H,6,8-10,12,14-15H2,1-4H3. The summed E-state index contributed by atoms with van der Waals surface area (Å²) in [7, 11) is 3.48. The van der Waals surface area contributed by atoms with Crippen molar-refractivity contribution in [1.29, 1.82) is 0 Å². The number of rotatable bonds is 8. The van der Waals surface area contributed by atoms with E-state index >= 15 is 0 Å². The maximum absolute atomic E-state index is 13.3. The minimum Gasteiger partial charge on any atom is -0.479 e. The molecule has 1 atom stereocenters. The topological polar surface area (TPSA) is 82.4 Å². The van der Waals surface area contributed by atoms with E-state index < -0.39 is 0 Å². The first-order valence-electron chi connectivity index (χ1n) is 11.1. The zero-order chi connectivity index (χ0) is 22.7. The molecule has 1 amide bonds. The van der Waals surface area contributed by atoms with Gasteiger partial charge in [-0.3, -0.25) is 9.78 Å². The van der Waals surface area contributed by atoms with Gasteiger partial charge in [0.1, 0.15) is 0 Å². The van der Waals surface area contributed by atoms with E-state index in [1.807, 2.05) is 37.2 Å². The van der Waals surface area contributed by atoms with Crippen LogP contribution in [0.5, 0.6) is 5.88 Å². The maximum atomic E-state index is 13.3. The highest BCUT2D eigenvalue weighted by Crippen LogP contribution is 2.30. The largest absolute Gasteiger partial charge is 0.479 e. The number of amides is 1. The first-order chi connectivity index (χ1) is 15.5. The van der Waals surface area contributed by atoms with E-state index in [0.29, 0.717) is 31.8 Å². The number of aryl methyl sites for hydroxylation is 3. The smallest absolute Gasteiger partial charge is 0.242 e. The highest BCUT2D eigenvalue weighted by Gasteiger charge is 2.24. The van der Waals surface area contributed by atoms with Crippen LogP contribution in [0.4, 0.5) is 0 Å². The van der Waals surface area contributed by atoms with Crippen LogP contribution in [0.2, 0.25) is 0 Å². The molecule has 0 N–H and O–H groups in total. The third-order valence-electron chi connectivity index (χ3n) is 6.20. The molecular formula is C24H31N5O3. The Morgan fingerprint density at radius 3 is 2.91 bits per heavy atom. The molecule has 0 radical (unpaired) electrons. The molecule has 3 aromatic heterocycles. The lowest BCUT2D eigenvalue weighted by molar-refractivity contribution is -0.133. The number of aromatic nitrogens is 4. The van der Waals surface area contributed by atoms with Gasteiger partial charge in [-0.15, -0.1) is 5.10 Å². The van der Waals surface area contributed by atoms with Gasteiger partial charge in [-0.1, -0.05) is 6.07 Å². The molecule has 0 aliphatic carbocycles. The van der Waals surface area contributed by atoms with E-state index in [4.69, 9.17) is 14.5 Å². The molecule has 32 heavy (non-hydrogen) atoms. The van der Waals surface area contributed by atoms with Crippen molar-refractivity contribution >= 4 is 16.9 Å². The van der Waals surface area contributed by atoms with Gasteiger partial charge in [0, 0.05) is 51.3 Å². The number of hydrogen-bond donors (Lipinski definition) is 0. The van der Waals surface area contributed by atoms with Crippen LogP contribution in [0.3, 0.4) is 0 Å². The SMILES string of the molecule is COc1nn(C)c2nc(C)c(CCC(=O)N(Cc3cccnc3)CC3CCCO3)c(C)c12. The molecule has 0 bridgehead atoms. The van der Waals surface area contributed by atoms with Crippen molar-refractivity contribution in [3.05, 3.63) is 46.9 Å². The predicted octanol–water partition coefficient (Wildman–Crippen LogP) is 3.13. The number of pyridine rings is 2. The molecule has 4 heterocycles. The second kappa shape index (κ2) is 9.65. The van der Waals surface area contributed by atoms with E-state index in [-0.39, 0.29) is 12.0 Å². The normalized spacial score (nSPS) is 15.9. The molecule has 4 rings (SSSR count). The van der Waals surface area contributed by atoms with Crippen molar-refractivity contribution in [1.82, 2.24) is 24.6 Å². The molecule has 0 spiro atoms. The Bertz CT molecular complexity index is 1090. The molecular weight excluding hydrogens is 406 g/mol. The quantitative estimate of drug-likeness (QED) is 0.539. The lowest BCUT2D eigenvalue weighted by Gasteiger charge is -2.26. The average molecular weight is 438 g/mol. The molecule has 1 unspecified atom stereocenters. The first kappa shape index (κ1) is 22.2. The minimum absolute atomic E-state index is 0.108. The molecule has 0 saturated carbocycles. The molecule has 3 aromatic rings. The molecule has 0 aromatic carbocycles. The minimum atomic E-state index is 0.108. The van der Waals surface area contributed by atoms with Crippen molar-refractivity contribution in [3.63, 3.8) is 0 Å². The van der Waals surface area contributed by atoms with Crippen molar-refractivity contribution in [2.45, 2.75) is 52.2 Å². The highest BCUT2D eigenvalue weighted by atomic mass is 16.5. The number of ether oxygens (including phenoxy) is 2. The summed E-state index contributed by atoms with van der Waals surface area (Å²) in [6.07, 6.45) is 6.74. The number of nitrogens with zero attached hydrogens (tertiary/aromatic N) is 5. The molecule has 1 fully saturated rings. The van der Waals surface area contributed by atoms with E-state index in [9.17, 15) is 4.79 Å². The number of methoxy groups -OCH3 is 1. The number of hydrogen-bond acceptors (Lipinski definition) is 6. The lowest BCUT2D eigenvalue weighted by Crippen LogP contribution is -2.37. The van der Waals surface area contributed by atoms with Crippen LogP contribution in [0.15, 0.2) is 24.5 Å². The molecule has 8 heteroatoms. The van der Waals surface area contributed by atoms with Crippen LogP contribution in [0, 0.1) is 13.8 Å². The Morgan fingerprint density at radius 2 is 2.22 bits per heavy atom. The summed E-state index contributed by atoms with van der Waals surface area (Å²) in [5.74, 6) is 0.679. The molecule has 8 nitrogen and oxygen atoms in total. The molecule has 1 aliphatic heterocycles. The predicted molar refractivity (Wildman–Crippen MR) is 121 cm³/mol. The zero-order valence-electron chi connectivity index (χ0n) is 19.3. The van der Waals surface area contributed by atoms with Crippen LogP contribution in [0.1, 0.15) is 41.6 Å². The van der Waals surface area contributed by atoms with Gasteiger partial charge in [-0.25, -0.2) is 9.67 Å². The number of fused-ring (bicyclic) bond motifs is 1. The van der Waals surface area contributed by atoms with Crippen molar-refractivity contribution in [2.24, 2.45) is 7.05 Å². The van der Waals surface area contributed by atoms with Crippen molar-refractivity contribution in [2.75, 3.05) is 20.3 Å². The van der Waals surface area contributed by atoms with Crippen molar-refractivity contribution < 1.29 is 14.3 Å². The van der Waals surface area contributed by atoms with Crippen LogP contribution in [-0.4, -0.2) is 56.9 Å². The molecule has 1 saturated heterocycles. The summed E-state index contributed by atoms with van der Waals surface area (Å²) in [6.45, 7) is 5.97. The molecule has 1 aliphatic rings. The third kappa shape index (κ3) is 4.60. The lowest BCUT2D eigenvalue weighted by atomic mass is 9.99. The number of carbonyl (C=O) groups excluding carboxylic acids is 1. The Morgan fingerprint density at radius 1 is 1.38 bits per heavy atom. The Kier molecular flexibility index (Phi) is 6.69. The van der Waals surface area contributed by atoms with Gasteiger partial charge in [-0.05, 0) is 55.9 Å². The van der Waals surface area contributed by atoms with Crippen LogP contribution < -0.4 is 4.74 Å². The Balaban J connectivity index is 1.53. The Hall–Kier alpha value is -3.00. The summed E-state index contributed by atoms with van der Waals surface area (Å²) in [4.78, 5) is 24.2. The fraction of sp³-hybridized carbons (Fsp3) is 0.500. The average Bonchev–Trinajstić information content (AvgIpc) is 3.41. The van der Waals surface area contributed by atoms with E-state index in [2.05, 4.69) is 17.0 Å². The Labute approximate surface area is 188 Å². The third-order valence-corrected chi connectivity index (χ3v) is 6.20. The van der Waals surface area contributed by atoms with Gasteiger partial charge in [0.25, 0.3) is 0 Å². The van der Waals surface area contributed by atoms with E-state index in [1.165, 1.54) is 0 Å². The fourth-order valence-corrected chi connectivity index (χ4v) is 4.50. The summed E-state index contributed by atoms with van der Waals surface area (Å²) < 4.78 is 13.0. The van der Waals surface area contributed by atoms with E-state index in [0.717, 1.165) is 52.9 Å². The highest BCUT2D eigenvalue weighted by molar-refractivity contribution is 5.86. The summed E-state index contributed by atoms with van der Waals surface area (Å²) >= 11 is 0. The second-order valence-corrected chi connectivity index (χ2v) is 8.40. The second-order valence-electron chi connectivity index (χ2n) is 8.40. The summed E-state index contributed by atoms with van der Waals surface area (Å²) in [5, 5.41) is 5.33. The van der Waals surface area contributed by atoms with Crippen LogP contribution in [0.25, 0.3) is 11.0 Å². The zero-order valence-corrected chi connectivity index (χ0v) is 19.3. The molecule has 170 valence electrons. The van der Waals surface area contributed by atoms with Gasteiger partial charge in [-0.2, -0.15) is 0 Å². The van der Waals surface area contributed by atoms with Gasteiger partial charge in [0.2, 0.25) is 11.8 Å². The maximum Gasteiger partial charge on any atom is 0.242 e. The van der Waals surface area contributed by atoms with Crippen molar-refractivity contribution in [3.8, 4) is 5.88 Å². The summed E-state index contributed by atoms with van der Waals surface area (Å²) in [5.41, 5.74) is 4.89. The van der Waals surface area contributed by atoms with Crippen LogP contribution in [-0.2, 0) is 29.5 Å². The van der Waals surface area contributed by atoms with Gasteiger partial charge in [0.15, 0.2) is 5.65 Å². The van der Waals surface area contributed by atoms with E-state index in [1.54, 1.807) is 18.0 Å². The van der Waals surface area contributed by atoms with Gasteiger partial charge in [0.05, 0.1) is 18.6 Å². The summed E-state index contributed by atoms with van der Waals surface area (Å²) in [6, 6.07) is 3.91. The van der Waals surface area contributed by atoms with Crippen LogP contribution >= 0.6 is 0 Å². The van der Waals surface area contributed by atoms with Gasteiger partial charge < -0.3 is 14.4 Å².